The number of nitrogens with one attached hydrogen (secondary N) is 1. The van der Waals surface area contributed by atoms with Crippen molar-refractivity contribution >= 4 is 0 Å². The first-order valence-corrected chi connectivity index (χ1v) is 10.1. The molecule has 2 rings (SSSR count). The molecular formula is C21H36N2O3. The molecule has 0 bridgehead atoms. The molecule has 0 amide bonds. The molecular weight excluding hydrogens is 328 g/mol. The lowest BCUT2D eigenvalue weighted by Crippen LogP contribution is -2.35. The van der Waals surface area contributed by atoms with Crippen molar-refractivity contribution in [1.29, 1.82) is 0 Å². The van der Waals surface area contributed by atoms with Crippen LogP contribution in [0.5, 0.6) is 11.5 Å². The van der Waals surface area contributed by atoms with Gasteiger partial charge in [-0.2, -0.15) is 0 Å². The van der Waals surface area contributed by atoms with E-state index >= 15 is 0 Å². The van der Waals surface area contributed by atoms with Crippen LogP contribution >= 0.6 is 0 Å². The lowest BCUT2D eigenvalue weighted by atomic mass is 9.95. The fourth-order valence-corrected chi connectivity index (χ4v) is 3.53. The van der Waals surface area contributed by atoms with Crippen molar-refractivity contribution in [1.82, 2.24) is 10.2 Å². The Hall–Kier alpha value is -1.30. The molecule has 5 heteroatoms. The van der Waals surface area contributed by atoms with E-state index in [1.165, 1.54) is 37.7 Å². The molecule has 1 aromatic carbocycles. The number of nitrogens with zero attached hydrogens (tertiary/aromatic N) is 1. The second-order valence-corrected chi connectivity index (χ2v) is 7.15. The highest BCUT2D eigenvalue weighted by Crippen LogP contribution is 2.28. The first-order chi connectivity index (χ1) is 12.7. The van der Waals surface area contributed by atoms with Crippen LogP contribution in [0.25, 0.3) is 0 Å². The highest BCUT2D eigenvalue weighted by molar-refractivity contribution is 5.43. The summed E-state index contributed by atoms with van der Waals surface area (Å²) in [4.78, 5) is 2.19. The van der Waals surface area contributed by atoms with Crippen molar-refractivity contribution in [3.05, 3.63) is 23.8 Å². The fraction of sp³-hybridized carbons (Fsp3) is 0.714. The van der Waals surface area contributed by atoms with Gasteiger partial charge in [0.05, 0.1) is 7.11 Å². The molecule has 1 saturated carbocycles. The summed E-state index contributed by atoms with van der Waals surface area (Å²) >= 11 is 0. The van der Waals surface area contributed by atoms with Gasteiger partial charge in [-0.05, 0) is 43.6 Å². The van der Waals surface area contributed by atoms with Crippen LogP contribution in [0.15, 0.2) is 18.2 Å². The normalized spacial score (nSPS) is 16.7. The predicted octanol–water partition coefficient (Wildman–Crippen LogP) is 3.20. The molecule has 148 valence electrons. The lowest BCUT2D eigenvalue weighted by molar-refractivity contribution is 0.0705. The van der Waals surface area contributed by atoms with Crippen LogP contribution in [0.1, 0.15) is 51.5 Å². The van der Waals surface area contributed by atoms with Crippen molar-refractivity contribution in [3.63, 3.8) is 0 Å². The van der Waals surface area contributed by atoms with Crippen LogP contribution in [-0.4, -0.2) is 55.5 Å². The minimum Gasteiger partial charge on any atom is -0.493 e. The van der Waals surface area contributed by atoms with Gasteiger partial charge in [-0.25, -0.2) is 0 Å². The van der Waals surface area contributed by atoms with Crippen molar-refractivity contribution in [2.45, 2.75) is 64.6 Å². The molecule has 2 N–H and O–H groups in total. The van der Waals surface area contributed by atoms with Gasteiger partial charge in [-0.1, -0.05) is 39.2 Å². The third-order valence-electron chi connectivity index (χ3n) is 5.22. The second kappa shape index (κ2) is 11.4. The molecule has 0 heterocycles. The average Bonchev–Trinajstić information content (AvgIpc) is 2.69. The second-order valence-electron chi connectivity index (χ2n) is 7.15. The third-order valence-corrected chi connectivity index (χ3v) is 5.22. The molecule has 1 aliphatic carbocycles. The van der Waals surface area contributed by atoms with Crippen LogP contribution in [0.4, 0.5) is 0 Å². The largest absolute Gasteiger partial charge is 0.493 e. The van der Waals surface area contributed by atoms with E-state index in [-0.39, 0.29) is 6.61 Å². The van der Waals surface area contributed by atoms with Gasteiger partial charge >= 0.3 is 0 Å². The quantitative estimate of drug-likeness (QED) is 0.631. The number of methoxy groups -OCH3 is 1. The topological polar surface area (TPSA) is 54.0 Å². The van der Waals surface area contributed by atoms with E-state index in [1.54, 1.807) is 7.11 Å². The number of benzene rings is 1. The monoisotopic (exact) mass is 364 g/mol. The summed E-state index contributed by atoms with van der Waals surface area (Å²) in [7, 11) is 1.66. The Kier molecular flexibility index (Phi) is 9.23. The summed E-state index contributed by atoms with van der Waals surface area (Å²) in [5.74, 6) is 1.41. The van der Waals surface area contributed by atoms with Gasteiger partial charge in [0.25, 0.3) is 0 Å². The molecule has 0 radical (unpaired) electrons. The van der Waals surface area contributed by atoms with Gasteiger partial charge in [0.15, 0.2) is 11.5 Å². The molecule has 0 aromatic heterocycles. The maximum Gasteiger partial charge on any atom is 0.161 e. The van der Waals surface area contributed by atoms with Crippen LogP contribution < -0.4 is 14.8 Å². The highest BCUT2D eigenvalue weighted by atomic mass is 16.5. The summed E-state index contributed by atoms with van der Waals surface area (Å²) < 4.78 is 11.3. The maximum absolute atomic E-state index is 10.2. The average molecular weight is 365 g/mol. The molecule has 26 heavy (non-hydrogen) atoms. The van der Waals surface area contributed by atoms with Crippen molar-refractivity contribution < 1.29 is 14.6 Å². The molecule has 0 aliphatic heterocycles. The van der Waals surface area contributed by atoms with Gasteiger partial charge in [-0.3, -0.25) is 0 Å². The Bertz CT molecular complexity index is 514. The molecule has 5 nitrogen and oxygen atoms in total. The number of aliphatic hydroxyl groups excluding tert-OH is 1. The van der Waals surface area contributed by atoms with Gasteiger partial charge in [0.1, 0.15) is 12.7 Å². The van der Waals surface area contributed by atoms with Crippen molar-refractivity contribution in [2.24, 2.45) is 0 Å². The minimum atomic E-state index is -0.507. The molecule has 1 fully saturated rings. The van der Waals surface area contributed by atoms with E-state index in [9.17, 15) is 5.11 Å². The van der Waals surface area contributed by atoms with Crippen LogP contribution in [-0.2, 0) is 6.54 Å². The lowest BCUT2D eigenvalue weighted by Gasteiger charge is -2.23. The number of hydrogen-bond acceptors (Lipinski definition) is 5. The van der Waals surface area contributed by atoms with E-state index in [1.807, 2.05) is 12.1 Å². The smallest absolute Gasteiger partial charge is 0.161 e. The van der Waals surface area contributed by atoms with Gasteiger partial charge in [-0.15, -0.1) is 0 Å². The van der Waals surface area contributed by atoms with E-state index in [0.29, 0.717) is 18.3 Å². The van der Waals surface area contributed by atoms with Gasteiger partial charge < -0.3 is 24.8 Å². The Morgan fingerprint density at radius 1 is 1.15 bits per heavy atom. The van der Waals surface area contributed by atoms with Crippen LogP contribution in [0, 0.1) is 0 Å². The molecule has 0 spiro atoms. The third kappa shape index (κ3) is 6.78. The first kappa shape index (κ1) is 21.0. The molecule has 1 unspecified atom stereocenters. The Morgan fingerprint density at radius 2 is 1.88 bits per heavy atom. The molecule has 1 aromatic rings. The number of likely N-dealkylation sites (N-methyl/N-ethyl adjacent to an activating group) is 1. The number of ether oxygens (including phenoxy) is 2. The van der Waals surface area contributed by atoms with Crippen LogP contribution in [0.3, 0.4) is 0 Å². The standard InChI is InChI=1S/C21H36N2O3/c1-4-23(5-2)15-19(24)16-26-20-12-11-17(13-21(20)25-3)14-22-18-9-7-6-8-10-18/h11-13,18-19,22,24H,4-10,14-16H2,1-3H3. The minimum absolute atomic E-state index is 0.270. The number of hydrogen-bond donors (Lipinski definition) is 2. The van der Waals surface area contributed by atoms with E-state index in [2.05, 4.69) is 30.1 Å². The summed E-state index contributed by atoms with van der Waals surface area (Å²) in [6, 6.07) is 6.69. The van der Waals surface area contributed by atoms with Gasteiger partial charge in [0, 0.05) is 19.1 Å². The summed E-state index contributed by atoms with van der Waals surface area (Å²) in [5, 5.41) is 13.8. The highest BCUT2D eigenvalue weighted by Gasteiger charge is 2.14. The molecule has 1 atom stereocenters. The van der Waals surface area contributed by atoms with Crippen LogP contribution in [0.2, 0.25) is 0 Å². The maximum atomic E-state index is 10.2. The fourth-order valence-electron chi connectivity index (χ4n) is 3.53. The summed E-state index contributed by atoms with van der Waals surface area (Å²) in [6.45, 7) is 7.80. The Labute approximate surface area is 158 Å². The SMILES string of the molecule is CCN(CC)CC(O)COc1ccc(CNC2CCCCC2)cc1OC. The summed E-state index contributed by atoms with van der Waals surface area (Å²) in [5.41, 5.74) is 1.20. The zero-order chi connectivity index (χ0) is 18.8. The molecule has 1 aliphatic rings. The van der Waals surface area contributed by atoms with Gasteiger partial charge in [0.2, 0.25) is 0 Å². The zero-order valence-corrected chi connectivity index (χ0v) is 16.7. The van der Waals surface area contributed by atoms with Crippen molar-refractivity contribution in [3.8, 4) is 11.5 Å². The number of aliphatic hydroxyl groups is 1. The first-order valence-electron chi connectivity index (χ1n) is 10.1. The zero-order valence-electron chi connectivity index (χ0n) is 16.7. The van der Waals surface area contributed by atoms with E-state index < -0.39 is 6.10 Å². The Balaban J connectivity index is 1.84. The predicted molar refractivity (Wildman–Crippen MR) is 106 cm³/mol. The van der Waals surface area contributed by atoms with Crippen molar-refractivity contribution in [2.75, 3.05) is 33.4 Å². The molecule has 0 saturated heterocycles. The van der Waals surface area contributed by atoms with E-state index in [0.717, 1.165) is 25.4 Å². The number of rotatable bonds is 11. The Morgan fingerprint density at radius 3 is 2.54 bits per heavy atom. The summed E-state index contributed by atoms with van der Waals surface area (Å²) in [6.07, 6.45) is 6.10. The van der Waals surface area contributed by atoms with E-state index in [4.69, 9.17) is 9.47 Å².